The van der Waals surface area contributed by atoms with Crippen LogP contribution < -0.4 is 20.1 Å². The molecule has 0 fully saturated rings. The van der Waals surface area contributed by atoms with Gasteiger partial charge in [-0.2, -0.15) is 13.2 Å². The van der Waals surface area contributed by atoms with Gasteiger partial charge >= 0.3 is 12.2 Å². The van der Waals surface area contributed by atoms with Gasteiger partial charge in [-0.15, -0.1) is 0 Å². The smallest absolute Gasteiger partial charge is 0.418 e. The molecule has 1 heterocycles. The maximum absolute atomic E-state index is 13.0. The summed E-state index contributed by atoms with van der Waals surface area (Å²) in [4.78, 5) is 12.0. The fraction of sp³-hybridized carbons (Fsp3) is 0.133. The number of halogens is 4. The van der Waals surface area contributed by atoms with Gasteiger partial charge in [0.15, 0.2) is 11.5 Å². The van der Waals surface area contributed by atoms with Crippen LogP contribution in [0.15, 0.2) is 36.4 Å². The normalized spacial score (nSPS) is 12.8. The predicted molar refractivity (Wildman–Crippen MR) is 81.7 cm³/mol. The monoisotopic (exact) mass is 358 g/mol. The Bertz CT molecular complexity index is 796. The number of rotatable bonds is 2. The van der Waals surface area contributed by atoms with E-state index < -0.39 is 23.5 Å². The summed E-state index contributed by atoms with van der Waals surface area (Å²) in [6.07, 6.45) is -4.65. The van der Waals surface area contributed by atoms with E-state index in [0.717, 1.165) is 12.1 Å². The summed E-state index contributed by atoms with van der Waals surface area (Å²) in [5, 5.41) is 4.51. The van der Waals surface area contributed by atoms with Gasteiger partial charge in [0, 0.05) is 16.8 Å². The Balaban J connectivity index is 1.76. The molecule has 0 bridgehead atoms. The minimum absolute atomic E-state index is 0.0741. The van der Waals surface area contributed by atoms with Gasteiger partial charge in [-0.25, -0.2) is 4.79 Å². The van der Waals surface area contributed by atoms with Crippen LogP contribution >= 0.6 is 11.6 Å². The van der Waals surface area contributed by atoms with E-state index in [0.29, 0.717) is 17.2 Å². The Labute approximate surface area is 139 Å². The highest BCUT2D eigenvalue weighted by atomic mass is 35.5. The van der Waals surface area contributed by atoms with Gasteiger partial charge in [0.2, 0.25) is 6.79 Å². The molecule has 2 N–H and O–H groups in total. The number of carbonyl (C=O) groups excluding carboxylic acids is 1. The molecule has 9 heteroatoms. The molecule has 0 saturated carbocycles. The van der Waals surface area contributed by atoms with Crippen molar-refractivity contribution in [2.75, 3.05) is 17.4 Å². The number of carbonyl (C=O) groups is 1. The number of fused-ring (bicyclic) bond motifs is 1. The molecule has 0 radical (unpaired) electrons. The maximum Gasteiger partial charge on any atom is 0.418 e. The Hall–Kier alpha value is -2.61. The minimum atomic E-state index is -4.65. The zero-order valence-electron chi connectivity index (χ0n) is 11.9. The van der Waals surface area contributed by atoms with Crippen molar-refractivity contribution in [3.63, 3.8) is 0 Å². The lowest BCUT2D eigenvalue weighted by molar-refractivity contribution is -0.136. The molecule has 1 aliphatic heterocycles. The highest BCUT2D eigenvalue weighted by Gasteiger charge is 2.34. The zero-order chi connectivity index (χ0) is 17.3. The number of benzene rings is 2. The third kappa shape index (κ3) is 3.48. The third-order valence-electron chi connectivity index (χ3n) is 3.17. The molecule has 0 unspecified atom stereocenters. The average Bonchev–Trinajstić information content (AvgIpc) is 2.95. The van der Waals surface area contributed by atoms with E-state index in [2.05, 4.69) is 10.6 Å². The van der Waals surface area contributed by atoms with Gasteiger partial charge in [0.05, 0.1) is 11.3 Å². The Morgan fingerprint density at radius 1 is 1.04 bits per heavy atom. The van der Waals surface area contributed by atoms with Crippen LogP contribution in [0, 0.1) is 0 Å². The van der Waals surface area contributed by atoms with Gasteiger partial charge in [0.25, 0.3) is 0 Å². The molecule has 0 saturated heterocycles. The number of nitrogens with one attached hydrogen (secondary N) is 2. The summed E-state index contributed by atoms with van der Waals surface area (Å²) in [5.74, 6) is 0.966. The summed E-state index contributed by atoms with van der Waals surface area (Å²) in [6, 6.07) is 6.89. The molecule has 2 aromatic rings. The average molecular weight is 359 g/mol. The van der Waals surface area contributed by atoms with Crippen molar-refractivity contribution in [3.8, 4) is 11.5 Å². The fourth-order valence-electron chi connectivity index (χ4n) is 2.12. The van der Waals surface area contributed by atoms with E-state index in [1.54, 1.807) is 12.1 Å². The van der Waals surface area contributed by atoms with Crippen molar-refractivity contribution >= 4 is 29.0 Å². The number of hydrogen-bond acceptors (Lipinski definition) is 3. The molecule has 24 heavy (non-hydrogen) atoms. The first-order valence-electron chi connectivity index (χ1n) is 6.67. The van der Waals surface area contributed by atoms with Crippen LogP contribution in [0.5, 0.6) is 11.5 Å². The van der Waals surface area contributed by atoms with Crippen molar-refractivity contribution in [3.05, 3.63) is 47.0 Å². The summed E-state index contributed by atoms with van der Waals surface area (Å²) in [7, 11) is 0. The van der Waals surface area contributed by atoms with Crippen molar-refractivity contribution in [2.45, 2.75) is 6.18 Å². The largest absolute Gasteiger partial charge is 0.454 e. The number of amides is 2. The molecule has 2 aromatic carbocycles. The van der Waals surface area contributed by atoms with Gasteiger partial charge in [0.1, 0.15) is 0 Å². The van der Waals surface area contributed by atoms with Crippen LogP contribution in [0.2, 0.25) is 5.02 Å². The third-order valence-corrected chi connectivity index (χ3v) is 3.40. The van der Waals surface area contributed by atoms with E-state index in [1.165, 1.54) is 12.1 Å². The SMILES string of the molecule is O=C(Nc1ccc2c(c1)OCO2)Nc1ccc(Cl)cc1C(F)(F)F. The lowest BCUT2D eigenvalue weighted by Gasteiger charge is -2.14. The van der Waals surface area contributed by atoms with Gasteiger partial charge in [-0.1, -0.05) is 11.6 Å². The van der Waals surface area contributed by atoms with E-state index in [4.69, 9.17) is 21.1 Å². The second-order valence-corrected chi connectivity index (χ2v) is 5.27. The molecule has 5 nitrogen and oxygen atoms in total. The van der Waals surface area contributed by atoms with Gasteiger partial charge in [-0.05, 0) is 30.3 Å². The number of alkyl halides is 3. The highest BCUT2D eigenvalue weighted by Crippen LogP contribution is 2.37. The molecular weight excluding hydrogens is 349 g/mol. The number of anilines is 2. The quantitative estimate of drug-likeness (QED) is 0.815. The number of ether oxygens (including phenoxy) is 2. The van der Waals surface area contributed by atoms with Crippen LogP contribution in [-0.2, 0) is 6.18 Å². The molecule has 2 amide bonds. The van der Waals surface area contributed by atoms with Crippen molar-refractivity contribution in [2.24, 2.45) is 0 Å². The van der Waals surface area contributed by atoms with Crippen LogP contribution in [0.25, 0.3) is 0 Å². The van der Waals surface area contributed by atoms with Crippen LogP contribution in [-0.4, -0.2) is 12.8 Å². The summed E-state index contributed by atoms with van der Waals surface area (Å²) >= 11 is 5.59. The second-order valence-electron chi connectivity index (χ2n) is 4.83. The zero-order valence-corrected chi connectivity index (χ0v) is 12.7. The standard InChI is InChI=1S/C15H10ClF3N2O3/c16-8-1-3-11(10(5-8)15(17,18)19)21-14(22)20-9-2-4-12-13(6-9)24-7-23-12/h1-6H,7H2,(H2,20,21,22). The molecule has 1 aliphatic rings. The van der Waals surface area contributed by atoms with Crippen molar-refractivity contribution in [1.29, 1.82) is 0 Å². The molecular formula is C15H10ClF3N2O3. The fourth-order valence-corrected chi connectivity index (χ4v) is 2.29. The lowest BCUT2D eigenvalue weighted by atomic mass is 10.1. The molecule has 0 aliphatic carbocycles. The van der Waals surface area contributed by atoms with E-state index in [9.17, 15) is 18.0 Å². The predicted octanol–water partition coefficient (Wildman–Crippen LogP) is 4.73. The molecule has 0 atom stereocenters. The summed E-state index contributed by atoms with van der Waals surface area (Å²) in [5.41, 5.74) is -1.08. The first-order chi connectivity index (χ1) is 11.3. The van der Waals surface area contributed by atoms with Crippen molar-refractivity contribution < 1.29 is 27.4 Å². The molecule has 126 valence electrons. The first kappa shape index (κ1) is 16.3. The van der Waals surface area contributed by atoms with Crippen LogP contribution in [0.1, 0.15) is 5.56 Å². The molecule has 0 spiro atoms. The van der Waals surface area contributed by atoms with Crippen LogP contribution in [0.3, 0.4) is 0 Å². The van der Waals surface area contributed by atoms with Crippen molar-refractivity contribution in [1.82, 2.24) is 0 Å². The van der Waals surface area contributed by atoms with Gasteiger partial charge < -0.3 is 20.1 Å². The Morgan fingerprint density at radius 3 is 2.54 bits per heavy atom. The van der Waals surface area contributed by atoms with Gasteiger partial charge in [-0.3, -0.25) is 0 Å². The number of hydrogen-bond donors (Lipinski definition) is 2. The highest BCUT2D eigenvalue weighted by molar-refractivity contribution is 6.30. The summed E-state index contributed by atoms with van der Waals surface area (Å²) < 4.78 is 49.3. The summed E-state index contributed by atoms with van der Waals surface area (Å²) in [6.45, 7) is 0.0741. The molecule has 0 aromatic heterocycles. The minimum Gasteiger partial charge on any atom is -0.454 e. The van der Waals surface area contributed by atoms with E-state index >= 15 is 0 Å². The molecule has 3 rings (SSSR count). The van der Waals surface area contributed by atoms with Crippen LogP contribution in [0.4, 0.5) is 29.3 Å². The lowest BCUT2D eigenvalue weighted by Crippen LogP contribution is -2.21. The number of urea groups is 1. The van der Waals surface area contributed by atoms with E-state index in [-0.39, 0.29) is 11.8 Å². The Morgan fingerprint density at radius 2 is 1.79 bits per heavy atom. The Kier molecular flexibility index (Phi) is 4.15. The maximum atomic E-state index is 13.0. The first-order valence-corrected chi connectivity index (χ1v) is 7.05. The second kappa shape index (κ2) is 6.12. The topological polar surface area (TPSA) is 59.6 Å². The van der Waals surface area contributed by atoms with E-state index in [1.807, 2.05) is 0 Å².